The van der Waals surface area contributed by atoms with Crippen molar-refractivity contribution in [1.29, 1.82) is 0 Å². The number of hydrogen-bond donors (Lipinski definition) is 1. The third kappa shape index (κ3) is 3.86. The number of nitrogens with two attached hydrogens (primary N) is 1. The Balaban J connectivity index is 2.33. The number of benzene rings is 2. The normalized spacial score (nSPS) is 12.5. The van der Waals surface area contributed by atoms with Gasteiger partial charge < -0.3 is 10.5 Å². The molecule has 3 heteroatoms. The van der Waals surface area contributed by atoms with E-state index in [1.807, 2.05) is 24.3 Å². The largest absolute Gasteiger partial charge is 0.484 e. The van der Waals surface area contributed by atoms with Crippen LogP contribution < -0.4 is 10.5 Å². The molecule has 21 heavy (non-hydrogen) atoms. The van der Waals surface area contributed by atoms with Crippen molar-refractivity contribution in [2.45, 2.75) is 32.8 Å². The van der Waals surface area contributed by atoms with E-state index in [1.54, 1.807) is 0 Å². The Kier molecular flexibility index (Phi) is 5.43. The molecule has 0 heterocycles. The van der Waals surface area contributed by atoms with Gasteiger partial charge in [0.15, 0.2) is 0 Å². The monoisotopic (exact) mass is 347 g/mol. The van der Waals surface area contributed by atoms with Crippen molar-refractivity contribution in [3.63, 3.8) is 0 Å². The summed E-state index contributed by atoms with van der Waals surface area (Å²) in [5, 5.41) is 0. The second kappa shape index (κ2) is 7.10. The van der Waals surface area contributed by atoms with Crippen LogP contribution in [0, 0.1) is 6.92 Å². The molecule has 2 aromatic rings. The molecule has 112 valence electrons. The molecule has 2 N–H and O–H groups in total. The quantitative estimate of drug-likeness (QED) is 0.829. The molecule has 0 aliphatic carbocycles. The molecular formula is C18H22BrNO. The Morgan fingerprint density at radius 3 is 2.43 bits per heavy atom. The van der Waals surface area contributed by atoms with Gasteiger partial charge in [-0.25, -0.2) is 0 Å². The van der Waals surface area contributed by atoms with Gasteiger partial charge in [0.05, 0.1) is 0 Å². The molecule has 1 unspecified atom stereocenters. The second-order valence-corrected chi connectivity index (χ2v) is 6.45. The van der Waals surface area contributed by atoms with E-state index in [0.717, 1.165) is 15.8 Å². The topological polar surface area (TPSA) is 35.2 Å². The lowest BCUT2D eigenvalue weighted by Gasteiger charge is -2.22. The van der Waals surface area contributed by atoms with Gasteiger partial charge in [0, 0.05) is 11.0 Å². The lowest BCUT2D eigenvalue weighted by atomic mass is 10.0. The van der Waals surface area contributed by atoms with Crippen LogP contribution in [-0.4, -0.2) is 6.54 Å². The maximum atomic E-state index is 6.23. The summed E-state index contributed by atoms with van der Waals surface area (Å²) in [4.78, 5) is 0. The highest BCUT2D eigenvalue weighted by molar-refractivity contribution is 9.10. The molecule has 0 aromatic heterocycles. The fraction of sp³-hybridized carbons (Fsp3) is 0.333. The van der Waals surface area contributed by atoms with Crippen molar-refractivity contribution in [2.24, 2.45) is 5.73 Å². The summed E-state index contributed by atoms with van der Waals surface area (Å²) in [6, 6.07) is 14.4. The SMILES string of the molecule is Cc1ccccc1C(CN)Oc1ccc(Br)cc1C(C)C. The van der Waals surface area contributed by atoms with E-state index < -0.39 is 0 Å². The first kappa shape index (κ1) is 16.1. The lowest BCUT2D eigenvalue weighted by Crippen LogP contribution is -2.20. The summed E-state index contributed by atoms with van der Waals surface area (Å²) in [6.07, 6.45) is -0.120. The van der Waals surface area contributed by atoms with Crippen molar-refractivity contribution >= 4 is 15.9 Å². The molecule has 0 saturated heterocycles. The molecular weight excluding hydrogens is 326 g/mol. The van der Waals surface area contributed by atoms with Gasteiger partial charge in [0.25, 0.3) is 0 Å². The van der Waals surface area contributed by atoms with E-state index in [9.17, 15) is 0 Å². The number of rotatable bonds is 5. The fourth-order valence-corrected chi connectivity index (χ4v) is 2.80. The second-order valence-electron chi connectivity index (χ2n) is 5.54. The van der Waals surface area contributed by atoms with E-state index in [-0.39, 0.29) is 6.10 Å². The van der Waals surface area contributed by atoms with E-state index in [4.69, 9.17) is 10.5 Å². The van der Waals surface area contributed by atoms with Crippen LogP contribution in [0.5, 0.6) is 5.75 Å². The van der Waals surface area contributed by atoms with Gasteiger partial charge in [-0.15, -0.1) is 0 Å². The minimum Gasteiger partial charge on any atom is -0.484 e. The van der Waals surface area contributed by atoms with Crippen LogP contribution >= 0.6 is 15.9 Å². The first-order chi connectivity index (χ1) is 10.0. The number of ether oxygens (including phenoxy) is 1. The molecule has 0 fully saturated rings. The average molecular weight is 348 g/mol. The van der Waals surface area contributed by atoms with Crippen LogP contribution in [0.4, 0.5) is 0 Å². The van der Waals surface area contributed by atoms with E-state index >= 15 is 0 Å². The minimum atomic E-state index is -0.120. The highest BCUT2D eigenvalue weighted by atomic mass is 79.9. The maximum absolute atomic E-state index is 6.23. The van der Waals surface area contributed by atoms with Crippen LogP contribution in [0.1, 0.15) is 42.6 Å². The summed E-state index contributed by atoms with van der Waals surface area (Å²) in [6.45, 7) is 6.88. The zero-order valence-corrected chi connectivity index (χ0v) is 14.4. The molecule has 0 bridgehead atoms. The first-order valence-corrected chi connectivity index (χ1v) is 8.04. The average Bonchev–Trinajstić information content (AvgIpc) is 2.46. The number of hydrogen-bond acceptors (Lipinski definition) is 2. The smallest absolute Gasteiger partial charge is 0.136 e. The molecule has 0 aliphatic heterocycles. The van der Waals surface area contributed by atoms with Gasteiger partial charge in [0.1, 0.15) is 11.9 Å². The number of aryl methyl sites for hydroxylation is 1. The summed E-state index contributed by atoms with van der Waals surface area (Å²) in [7, 11) is 0. The number of halogens is 1. The third-order valence-corrected chi connectivity index (χ3v) is 4.11. The van der Waals surface area contributed by atoms with Gasteiger partial charge >= 0.3 is 0 Å². The van der Waals surface area contributed by atoms with Crippen LogP contribution in [0.3, 0.4) is 0 Å². The van der Waals surface area contributed by atoms with Crippen LogP contribution in [0.25, 0.3) is 0 Å². The standard InChI is InChI=1S/C18H22BrNO/c1-12(2)16-10-14(19)8-9-17(16)21-18(11-20)15-7-5-4-6-13(15)3/h4-10,12,18H,11,20H2,1-3H3. The molecule has 0 saturated carbocycles. The summed E-state index contributed by atoms with van der Waals surface area (Å²) in [5.41, 5.74) is 9.49. The Morgan fingerprint density at radius 1 is 1.10 bits per heavy atom. The van der Waals surface area contributed by atoms with Crippen molar-refractivity contribution in [2.75, 3.05) is 6.54 Å². The fourth-order valence-electron chi connectivity index (χ4n) is 2.42. The van der Waals surface area contributed by atoms with Crippen LogP contribution in [0.15, 0.2) is 46.9 Å². The van der Waals surface area contributed by atoms with Gasteiger partial charge in [-0.05, 0) is 47.7 Å². The Labute approximate surface area is 135 Å². The molecule has 0 radical (unpaired) electrons. The highest BCUT2D eigenvalue weighted by Gasteiger charge is 2.17. The lowest BCUT2D eigenvalue weighted by molar-refractivity contribution is 0.210. The van der Waals surface area contributed by atoms with Gasteiger partial charge in [-0.1, -0.05) is 54.0 Å². The van der Waals surface area contributed by atoms with Crippen LogP contribution in [-0.2, 0) is 0 Å². The predicted octanol–water partition coefficient (Wildman–Crippen LogP) is 4.96. The molecule has 2 rings (SSSR count). The Hall–Kier alpha value is -1.32. The third-order valence-electron chi connectivity index (χ3n) is 3.61. The zero-order chi connectivity index (χ0) is 15.4. The van der Waals surface area contributed by atoms with Gasteiger partial charge in [-0.2, -0.15) is 0 Å². The van der Waals surface area contributed by atoms with Crippen molar-refractivity contribution in [1.82, 2.24) is 0 Å². The molecule has 0 aliphatic rings. The van der Waals surface area contributed by atoms with E-state index in [0.29, 0.717) is 12.5 Å². The molecule has 2 aromatic carbocycles. The predicted molar refractivity (Wildman–Crippen MR) is 91.8 cm³/mol. The zero-order valence-electron chi connectivity index (χ0n) is 12.8. The summed E-state index contributed by atoms with van der Waals surface area (Å²) in [5.74, 6) is 1.31. The Morgan fingerprint density at radius 2 is 1.81 bits per heavy atom. The van der Waals surface area contributed by atoms with E-state index in [2.05, 4.69) is 54.9 Å². The first-order valence-electron chi connectivity index (χ1n) is 7.24. The van der Waals surface area contributed by atoms with Crippen LogP contribution in [0.2, 0.25) is 0 Å². The molecule has 2 nitrogen and oxygen atoms in total. The van der Waals surface area contributed by atoms with Crippen molar-refractivity contribution in [3.8, 4) is 5.75 Å². The van der Waals surface area contributed by atoms with Gasteiger partial charge in [0.2, 0.25) is 0 Å². The van der Waals surface area contributed by atoms with Crippen molar-refractivity contribution in [3.05, 3.63) is 63.6 Å². The molecule has 0 spiro atoms. The maximum Gasteiger partial charge on any atom is 0.136 e. The summed E-state index contributed by atoms with van der Waals surface area (Å²) >= 11 is 3.52. The molecule has 1 atom stereocenters. The molecule has 0 amide bonds. The Bertz CT molecular complexity index is 610. The van der Waals surface area contributed by atoms with Crippen molar-refractivity contribution < 1.29 is 4.74 Å². The minimum absolute atomic E-state index is 0.120. The summed E-state index contributed by atoms with van der Waals surface area (Å²) < 4.78 is 7.30. The van der Waals surface area contributed by atoms with Gasteiger partial charge in [-0.3, -0.25) is 0 Å². The highest BCUT2D eigenvalue weighted by Crippen LogP contribution is 2.33. The van der Waals surface area contributed by atoms with E-state index in [1.165, 1.54) is 11.1 Å².